The number of nitrogens with two attached hydrogens (primary N) is 1. The van der Waals surface area contributed by atoms with Gasteiger partial charge in [-0.25, -0.2) is 13.1 Å². The summed E-state index contributed by atoms with van der Waals surface area (Å²) in [7, 11) is -3.62. The minimum atomic E-state index is -3.62. The first-order chi connectivity index (χ1) is 11.0. The molecule has 1 fully saturated rings. The predicted octanol–water partition coefficient (Wildman–Crippen LogP) is 1.15. The van der Waals surface area contributed by atoms with Gasteiger partial charge in [-0.05, 0) is 45.9 Å². The van der Waals surface area contributed by atoms with Crippen molar-refractivity contribution in [2.75, 3.05) is 0 Å². The number of quaternary nitrogens is 1. The number of piperidine rings is 1. The molecule has 2 heterocycles. The first kappa shape index (κ1) is 17.6. The number of rotatable bonds is 3. The summed E-state index contributed by atoms with van der Waals surface area (Å²) in [5, 5.41) is 2.31. The largest absolute Gasteiger partial charge is 0.337 e. The molecular formula is C16H24N3O3S2+. The highest BCUT2D eigenvalue weighted by molar-refractivity contribution is 7.89. The molecule has 3 rings (SSSR count). The normalized spacial score (nSPS) is 21.2. The Bertz CT molecular complexity index is 909. The van der Waals surface area contributed by atoms with Crippen molar-refractivity contribution in [3.8, 4) is 0 Å². The first-order valence-electron chi connectivity index (χ1n) is 7.98. The number of benzene rings is 1. The van der Waals surface area contributed by atoms with Gasteiger partial charge in [-0.3, -0.25) is 4.79 Å². The van der Waals surface area contributed by atoms with Gasteiger partial charge in [-0.1, -0.05) is 11.3 Å². The van der Waals surface area contributed by atoms with Crippen molar-refractivity contribution in [2.24, 2.45) is 0 Å². The van der Waals surface area contributed by atoms with Gasteiger partial charge < -0.3 is 10.3 Å². The van der Waals surface area contributed by atoms with Crippen LogP contribution in [0.15, 0.2) is 27.9 Å². The molecular weight excluding hydrogens is 346 g/mol. The predicted molar refractivity (Wildman–Crippen MR) is 95.9 cm³/mol. The molecule has 0 amide bonds. The highest BCUT2D eigenvalue weighted by atomic mass is 32.2. The minimum absolute atomic E-state index is 0.0148. The Morgan fingerprint density at radius 2 is 1.83 bits per heavy atom. The lowest BCUT2D eigenvalue weighted by Gasteiger charge is -2.43. The summed E-state index contributed by atoms with van der Waals surface area (Å²) in [6, 6.07) is 4.64. The lowest BCUT2D eigenvalue weighted by atomic mass is 9.80. The summed E-state index contributed by atoms with van der Waals surface area (Å²) >= 11 is 1.02. The molecule has 0 bridgehead atoms. The highest BCUT2D eigenvalue weighted by Crippen LogP contribution is 2.25. The van der Waals surface area contributed by atoms with Gasteiger partial charge in [0, 0.05) is 18.9 Å². The van der Waals surface area contributed by atoms with E-state index in [0.717, 1.165) is 24.2 Å². The number of aromatic amines is 1. The van der Waals surface area contributed by atoms with E-state index in [4.69, 9.17) is 0 Å². The van der Waals surface area contributed by atoms with Gasteiger partial charge in [0.05, 0.1) is 26.2 Å². The molecule has 1 aromatic heterocycles. The van der Waals surface area contributed by atoms with Crippen molar-refractivity contribution in [1.82, 2.24) is 9.71 Å². The fourth-order valence-electron chi connectivity index (χ4n) is 3.98. The smallest absolute Gasteiger partial charge is 0.305 e. The molecule has 0 unspecified atom stereocenters. The topological polar surface area (TPSA) is 95.6 Å². The van der Waals surface area contributed by atoms with Crippen LogP contribution in [0, 0.1) is 0 Å². The summed E-state index contributed by atoms with van der Waals surface area (Å²) in [6.07, 6.45) is 1.55. The molecule has 8 heteroatoms. The molecule has 0 aliphatic carbocycles. The molecule has 0 spiro atoms. The number of H-pyrrole nitrogens is 1. The molecule has 0 radical (unpaired) electrons. The molecule has 4 N–H and O–H groups in total. The number of sulfonamides is 1. The van der Waals surface area contributed by atoms with E-state index in [9.17, 15) is 13.2 Å². The average Bonchev–Trinajstić information content (AvgIpc) is 2.72. The Morgan fingerprint density at radius 1 is 1.21 bits per heavy atom. The SMILES string of the molecule is CC1(C)CC(NS(=O)(=O)c2ccc3[nH]c(=O)sc3c2)CC(C)(C)[NH2+]1. The summed E-state index contributed by atoms with van der Waals surface area (Å²) in [5.74, 6) is 0. The first-order valence-corrected chi connectivity index (χ1v) is 10.3. The van der Waals surface area contributed by atoms with Crippen LogP contribution in [0.3, 0.4) is 0 Å². The van der Waals surface area contributed by atoms with Gasteiger partial charge in [0.2, 0.25) is 10.0 Å². The third-order valence-electron chi connectivity index (χ3n) is 4.35. The molecule has 1 aromatic carbocycles. The standard InChI is InChI=1S/C16H23N3O3S2/c1-15(2)8-10(9-16(3,4)19-15)18-24(21,22)11-5-6-12-13(7-11)23-14(20)17-12/h5-7,10,18-19H,8-9H2,1-4H3,(H,17,20)/p+1. The Balaban J connectivity index is 1.88. The van der Waals surface area contributed by atoms with Crippen LogP contribution in [0.1, 0.15) is 40.5 Å². The maximum atomic E-state index is 12.8. The van der Waals surface area contributed by atoms with Crippen molar-refractivity contribution in [3.05, 3.63) is 27.9 Å². The van der Waals surface area contributed by atoms with Crippen LogP contribution in [0.25, 0.3) is 10.2 Å². The van der Waals surface area contributed by atoms with Crippen molar-refractivity contribution in [1.29, 1.82) is 0 Å². The van der Waals surface area contributed by atoms with Crippen molar-refractivity contribution < 1.29 is 13.7 Å². The third kappa shape index (κ3) is 3.72. The zero-order chi connectivity index (χ0) is 17.8. The summed E-state index contributed by atoms with van der Waals surface area (Å²) in [4.78, 5) is 14.1. The van der Waals surface area contributed by atoms with Gasteiger partial charge >= 0.3 is 4.87 Å². The monoisotopic (exact) mass is 370 g/mol. The van der Waals surface area contributed by atoms with Gasteiger partial charge in [0.25, 0.3) is 0 Å². The Hall–Kier alpha value is -1.22. The van der Waals surface area contributed by atoms with Gasteiger partial charge in [0.1, 0.15) is 0 Å². The number of aromatic nitrogens is 1. The highest BCUT2D eigenvalue weighted by Gasteiger charge is 2.42. The van der Waals surface area contributed by atoms with E-state index < -0.39 is 10.0 Å². The number of hydrogen-bond acceptors (Lipinski definition) is 4. The van der Waals surface area contributed by atoms with E-state index in [0.29, 0.717) is 10.2 Å². The quantitative estimate of drug-likeness (QED) is 0.756. The minimum Gasteiger partial charge on any atom is -0.337 e. The number of thiazole rings is 1. The van der Waals surface area contributed by atoms with E-state index in [1.54, 1.807) is 18.2 Å². The lowest BCUT2D eigenvalue weighted by Crippen LogP contribution is -3.06. The Labute approximate surface area is 145 Å². The molecule has 2 aromatic rings. The lowest BCUT2D eigenvalue weighted by molar-refractivity contribution is -0.787. The van der Waals surface area contributed by atoms with E-state index in [-0.39, 0.29) is 26.9 Å². The van der Waals surface area contributed by atoms with Crippen LogP contribution >= 0.6 is 11.3 Å². The summed E-state index contributed by atoms with van der Waals surface area (Å²) < 4.78 is 29.1. The summed E-state index contributed by atoms with van der Waals surface area (Å²) in [5.41, 5.74) is 0.636. The molecule has 6 nitrogen and oxygen atoms in total. The maximum absolute atomic E-state index is 12.8. The van der Waals surface area contributed by atoms with Crippen molar-refractivity contribution in [2.45, 2.75) is 62.6 Å². The van der Waals surface area contributed by atoms with Gasteiger partial charge in [-0.15, -0.1) is 0 Å². The number of nitrogens with one attached hydrogen (secondary N) is 2. The molecule has 1 aliphatic heterocycles. The molecule has 24 heavy (non-hydrogen) atoms. The van der Waals surface area contributed by atoms with Crippen LogP contribution in [-0.4, -0.2) is 30.5 Å². The van der Waals surface area contributed by atoms with Gasteiger partial charge in [0.15, 0.2) is 0 Å². The van der Waals surface area contributed by atoms with Crippen LogP contribution in [0.4, 0.5) is 0 Å². The second kappa shape index (κ2) is 5.66. The number of fused-ring (bicyclic) bond motifs is 1. The van der Waals surface area contributed by atoms with E-state index in [1.807, 2.05) is 0 Å². The van der Waals surface area contributed by atoms with Crippen LogP contribution in [-0.2, 0) is 10.0 Å². The molecule has 0 atom stereocenters. The number of hydrogen-bond donors (Lipinski definition) is 3. The van der Waals surface area contributed by atoms with Crippen LogP contribution in [0.2, 0.25) is 0 Å². The fraction of sp³-hybridized carbons (Fsp3) is 0.562. The third-order valence-corrected chi connectivity index (χ3v) is 6.71. The van der Waals surface area contributed by atoms with Gasteiger partial charge in [-0.2, -0.15) is 0 Å². The Kier molecular flexibility index (Phi) is 4.15. The van der Waals surface area contributed by atoms with Crippen molar-refractivity contribution >= 4 is 31.6 Å². The van der Waals surface area contributed by atoms with E-state index in [2.05, 4.69) is 42.7 Å². The second-order valence-electron chi connectivity index (χ2n) is 8.02. The fourth-order valence-corrected chi connectivity index (χ4v) is 6.09. The van der Waals surface area contributed by atoms with Crippen molar-refractivity contribution in [3.63, 3.8) is 0 Å². The molecule has 1 aliphatic rings. The van der Waals surface area contributed by atoms with Crippen LogP contribution in [0.5, 0.6) is 0 Å². The maximum Gasteiger partial charge on any atom is 0.305 e. The Morgan fingerprint density at radius 3 is 2.46 bits per heavy atom. The average molecular weight is 371 g/mol. The van der Waals surface area contributed by atoms with E-state index in [1.165, 1.54) is 0 Å². The molecule has 1 saturated heterocycles. The zero-order valence-corrected chi connectivity index (χ0v) is 16.0. The zero-order valence-electron chi connectivity index (χ0n) is 14.3. The molecule has 132 valence electrons. The van der Waals surface area contributed by atoms with Crippen LogP contribution < -0.4 is 14.9 Å². The molecule has 0 saturated carbocycles. The van der Waals surface area contributed by atoms with E-state index >= 15 is 0 Å². The second-order valence-corrected chi connectivity index (χ2v) is 10.7. The summed E-state index contributed by atoms with van der Waals surface area (Å²) in [6.45, 7) is 8.55.